The maximum Gasteiger partial charge on any atom is 0.0672 e. The van der Waals surface area contributed by atoms with E-state index in [1.807, 2.05) is 0 Å². The van der Waals surface area contributed by atoms with E-state index in [-0.39, 0.29) is 0 Å². The molecule has 1 nitrogen and oxygen atoms in total. The van der Waals surface area contributed by atoms with Crippen molar-refractivity contribution < 1.29 is 5.11 Å². The fourth-order valence-corrected chi connectivity index (χ4v) is 1.86. The van der Waals surface area contributed by atoms with Crippen LogP contribution in [0.4, 0.5) is 0 Å². The summed E-state index contributed by atoms with van der Waals surface area (Å²) in [6, 6.07) is 0. The Morgan fingerprint density at radius 2 is 1.50 bits per heavy atom. The lowest BCUT2D eigenvalue weighted by Crippen LogP contribution is -2.35. The van der Waals surface area contributed by atoms with E-state index in [9.17, 15) is 5.11 Å². The standard InChI is InChI=1S/C11H24O/c1-5-8-11(12,9-6-2)10(4)7-3/h10,12H,5-9H2,1-4H3. The van der Waals surface area contributed by atoms with Crippen LogP contribution in [-0.4, -0.2) is 10.7 Å². The highest BCUT2D eigenvalue weighted by Crippen LogP contribution is 2.30. The summed E-state index contributed by atoms with van der Waals surface area (Å²) < 4.78 is 0. The van der Waals surface area contributed by atoms with Gasteiger partial charge >= 0.3 is 0 Å². The summed E-state index contributed by atoms with van der Waals surface area (Å²) in [7, 11) is 0. The normalized spacial score (nSPS) is 14.8. The zero-order valence-electron chi connectivity index (χ0n) is 9.06. The summed E-state index contributed by atoms with van der Waals surface area (Å²) in [4.78, 5) is 0. The Kier molecular flexibility index (Phi) is 5.56. The summed E-state index contributed by atoms with van der Waals surface area (Å²) in [5, 5.41) is 10.3. The quantitative estimate of drug-likeness (QED) is 0.651. The van der Waals surface area contributed by atoms with Crippen LogP contribution in [-0.2, 0) is 0 Å². The zero-order chi connectivity index (χ0) is 9.61. The summed E-state index contributed by atoms with van der Waals surface area (Å²) in [5.41, 5.74) is -0.391. The Hall–Kier alpha value is -0.0400. The molecule has 0 bridgehead atoms. The summed E-state index contributed by atoms with van der Waals surface area (Å²) >= 11 is 0. The topological polar surface area (TPSA) is 20.2 Å². The molecule has 1 heteroatoms. The van der Waals surface area contributed by atoms with Crippen molar-refractivity contribution in [2.75, 3.05) is 0 Å². The molecule has 0 aromatic carbocycles. The predicted octanol–water partition coefficient (Wildman–Crippen LogP) is 3.36. The molecule has 0 aliphatic carbocycles. The Balaban J connectivity index is 4.15. The minimum absolute atomic E-state index is 0.391. The second-order valence-electron chi connectivity index (χ2n) is 3.91. The van der Waals surface area contributed by atoms with E-state index in [0.29, 0.717) is 5.92 Å². The van der Waals surface area contributed by atoms with E-state index < -0.39 is 5.60 Å². The molecule has 0 radical (unpaired) electrons. The first kappa shape index (κ1) is 12.0. The third-order valence-electron chi connectivity index (χ3n) is 2.90. The smallest absolute Gasteiger partial charge is 0.0672 e. The number of aliphatic hydroxyl groups is 1. The van der Waals surface area contributed by atoms with Crippen molar-refractivity contribution in [3.05, 3.63) is 0 Å². The highest BCUT2D eigenvalue weighted by Gasteiger charge is 2.30. The lowest BCUT2D eigenvalue weighted by molar-refractivity contribution is -0.0297. The Morgan fingerprint density at radius 1 is 1.08 bits per heavy atom. The monoisotopic (exact) mass is 172 g/mol. The van der Waals surface area contributed by atoms with Crippen LogP contribution in [0.3, 0.4) is 0 Å². The first-order valence-corrected chi connectivity index (χ1v) is 5.33. The summed E-state index contributed by atoms with van der Waals surface area (Å²) in [6.45, 7) is 8.60. The van der Waals surface area contributed by atoms with Gasteiger partial charge in [0.15, 0.2) is 0 Å². The fraction of sp³-hybridized carbons (Fsp3) is 1.00. The molecule has 0 spiro atoms. The van der Waals surface area contributed by atoms with E-state index in [1.54, 1.807) is 0 Å². The summed E-state index contributed by atoms with van der Waals surface area (Å²) in [5.74, 6) is 0.442. The average Bonchev–Trinajstić information content (AvgIpc) is 2.04. The molecule has 0 saturated heterocycles. The Bertz CT molecular complexity index is 104. The van der Waals surface area contributed by atoms with E-state index in [1.165, 1.54) is 0 Å². The van der Waals surface area contributed by atoms with Gasteiger partial charge in [-0.3, -0.25) is 0 Å². The minimum Gasteiger partial charge on any atom is -0.390 e. The first-order chi connectivity index (χ1) is 5.60. The predicted molar refractivity (Wildman–Crippen MR) is 54.2 cm³/mol. The van der Waals surface area contributed by atoms with E-state index in [2.05, 4.69) is 27.7 Å². The van der Waals surface area contributed by atoms with Crippen LogP contribution in [0.15, 0.2) is 0 Å². The molecule has 0 aromatic rings. The summed E-state index contributed by atoms with van der Waals surface area (Å²) in [6.07, 6.45) is 5.16. The Morgan fingerprint density at radius 3 is 1.75 bits per heavy atom. The third-order valence-corrected chi connectivity index (χ3v) is 2.90. The molecular weight excluding hydrogens is 148 g/mol. The van der Waals surface area contributed by atoms with Crippen LogP contribution >= 0.6 is 0 Å². The molecule has 1 N–H and O–H groups in total. The van der Waals surface area contributed by atoms with Gasteiger partial charge in [0.05, 0.1) is 5.60 Å². The van der Waals surface area contributed by atoms with E-state index in [4.69, 9.17) is 0 Å². The van der Waals surface area contributed by atoms with Crippen molar-refractivity contribution in [3.8, 4) is 0 Å². The van der Waals surface area contributed by atoms with Gasteiger partial charge in [-0.25, -0.2) is 0 Å². The molecule has 0 aromatic heterocycles. The molecule has 0 aliphatic rings. The molecule has 74 valence electrons. The van der Waals surface area contributed by atoms with Crippen LogP contribution in [0.5, 0.6) is 0 Å². The van der Waals surface area contributed by atoms with Crippen LogP contribution in [0, 0.1) is 5.92 Å². The van der Waals surface area contributed by atoms with Crippen molar-refractivity contribution in [3.63, 3.8) is 0 Å². The van der Waals surface area contributed by atoms with Gasteiger partial charge in [-0.15, -0.1) is 0 Å². The molecule has 0 saturated carbocycles. The molecule has 0 fully saturated rings. The number of hydrogen-bond donors (Lipinski definition) is 1. The SMILES string of the molecule is CCCC(O)(CCC)C(C)CC. The molecular formula is C11H24O. The largest absolute Gasteiger partial charge is 0.390 e. The number of rotatable bonds is 6. The first-order valence-electron chi connectivity index (χ1n) is 5.33. The van der Waals surface area contributed by atoms with Crippen molar-refractivity contribution in [1.82, 2.24) is 0 Å². The van der Waals surface area contributed by atoms with Crippen molar-refractivity contribution in [1.29, 1.82) is 0 Å². The molecule has 1 unspecified atom stereocenters. The lowest BCUT2D eigenvalue weighted by Gasteiger charge is -2.33. The van der Waals surface area contributed by atoms with Crippen LogP contribution in [0.2, 0.25) is 0 Å². The van der Waals surface area contributed by atoms with Gasteiger partial charge in [-0.05, 0) is 18.8 Å². The third kappa shape index (κ3) is 3.14. The van der Waals surface area contributed by atoms with Gasteiger partial charge in [0.2, 0.25) is 0 Å². The lowest BCUT2D eigenvalue weighted by atomic mass is 9.80. The highest BCUT2D eigenvalue weighted by molar-refractivity contribution is 4.82. The van der Waals surface area contributed by atoms with E-state index in [0.717, 1.165) is 32.1 Å². The van der Waals surface area contributed by atoms with Gasteiger partial charge in [-0.1, -0.05) is 47.0 Å². The molecule has 0 rings (SSSR count). The molecule has 0 heterocycles. The Labute approximate surface area is 77.2 Å². The average molecular weight is 172 g/mol. The van der Waals surface area contributed by atoms with E-state index >= 15 is 0 Å². The van der Waals surface area contributed by atoms with Crippen LogP contribution in [0.25, 0.3) is 0 Å². The van der Waals surface area contributed by atoms with Crippen molar-refractivity contribution in [2.45, 2.75) is 65.4 Å². The molecule has 0 amide bonds. The number of hydrogen-bond acceptors (Lipinski definition) is 1. The maximum absolute atomic E-state index is 10.3. The molecule has 0 aliphatic heterocycles. The second kappa shape index (κ2) is 5.58. The van der Waals surface area contributed by atoms with Crippen molar-refractivity contribution >= 4 is 0 Å². The molecule has 1 atom stereocenters. The highest BCUT2D eigenvalue weighted by atomic mass is 16.3. The molecule has 12 heavy (non-hydrogen) atoms. The van der Waals surface area contributed by atoms with Gasteiger partial charge in [0, 0.05) is 0 Å². The van der Waals surface area contributed by atoms with Crippen LogP contribution in [0.1, 0.15) is 59.8 Å². The fourth-order valence-electron chi connectivity index (χ4n) is 1.86. The van der Waals surface area contributed by atoms with Gasteiger partial charge in [0.25, 0.3) is 0 Å². The van der Waals surface area contributed by atoms with Gasteiger partial charge < -0.3 is 5.11 Å². The van der Waals surface area contributed by atoms with Gasteiger partial charge in [0.1, 0.15) is 0 Å². The maximum atomic E-state index is 10.3. The van der Waals surface area contributed by atoms with Crippen molar-refractivity contribution in [2.24, 2.45) is 5.92 Å². The van der Waals surface area contributed by atoms with Crippen LogP contribution < -0.4 is 0 Å². The minimum atomic E-state index is -0.391. The zero-order valence-corrected chi connectivity index (χ0v) is 9.06. The second-order valence-corrected chi connectivity index (χ2v) is 3.91. The van der Waals surface area contributed by atoms with Gasteiger partial charge in [-0.2, -0.15) is 0 Å².